The van der Waals surface area contributed by atoms with Crippen molar-refractivity contribution in [3.05, 3.63) is 95.4 Å². The van der Waals surface area contributed by atoms with E-state index in [1.165, 1.54) is 18.3 Å². The van der Waals surface area contributed by atoms with Crippen LogP contribution in [0.15, 0.2) is 77.9 Å². The van der Waals surface area contributed by atoms with Crippen LogP contribution >= 0.6 is 0 Å². The number of imide groups is 1. The summed E-state index contributed by atoms with van der Waals surface area (Å²) in [6, 6.07) is 18.1. The van der Waals surface area contributed by atoms with E-state index in [0.29, 0.717) is 17.7 Å². The summed E-state index contributed by atoms with van der Waals surface area (Å²) < 4.78 is 13.0. The summed E-state index contributed by atoms with van der Waals surface area (Å²) in [5.74, 6) is -1.53. The van der Waals surface area contributed by atoms with Crippen LogP contribution in [0.25, 0.3) is 0 Å². The molecule has 1 aromatic heterocycles. The number of hydrogen-bond donors (Lipinski definition) is 0. The molecule has 3 aromatic rings. The summed E-state index contributed by atoms with van der Waals surface area (Å²) in [4.78, 5) is 35.6. The molecule has 28 heavy (non-hydrogen) atoms. The molecular formula is C22H16FN3O2. The maximum atomic E-state index is 13.1. The minimum atomic E-state index is -0.698. The van der Waals surface area contributed by atoms with E-state index in [0.717, 1.165) is 10.5 Å². The van der Waals surface area contributed by atoms with Crippen molar-refractivity contribution in [2.75, 3.05) is 4.90 Å². The molecule has 0 saturated carbocycles. The number of nitrogens with zero attached hydrogens (tertiary/aromatic N) is 3. The van der Waals surface area contributed by atoms with Crippen molar-refractivity contribution in [3.63, 3.8) is 0 Å². The smallest absolute Gasteiger partial charge is 0.266 e. The number of carbonyl (C=O) groups excluding carboxylic acids is 2. The lowest BCUT2D eigenvalue weighted by Crippen LogP contribution is -2.45. The van der Waals surface area contributed by atoms with Gasteiger partial charge in [-0.3, -0.25) is 14.6 Å². The van der Waals surface area contributed by atoms with Crippen molar-refractivity contribution >= 4 is 23.8 Å². The van der Waals surface area contributed by atoms with Crippen LogP contribution in [0.4, 0.5) is 10.2 Å². The Morgan fingerprint density at radius 2 is 1.75 bits per heavy atom. The Balaban J connectivity index is 1.67. The molecule has 0 unspecified atom stereocenters. The number of aliphatic imine (C=N–C) groups is 1. The van der Waals surface area contributed by atoms with E-state index in [1.54, 1.807) is 60.8 Å². The van der Waals surface area contributed by atoms with Crippen LogP contribution in [0, 0.1) is 5.82 Å². The second-order valence-corrected chi connectivity index (χ2v) is 6.35. The number of amides is 2. The monoisotopic (exact) mass is 373 g/mol. The third kappa shape index (κ3) is 3.32. The summed E-state index contributed by atoms with van der Waals surface area (Å²) >= 11 is 0. The normalized spacial score (nSPS) is 16.5. The van der Waals surface area contributed by atoms with Crippen LogP contribution < -0.4 is 4.90 Å². The number of fused-ring (bicyclic) bond motifs is 1. The Labute approximate surface area is 161 Å². The van der Waals surface area contributed by atoms with Gasteiger partial charge in [0.25, 0.3) is 5.91 Å². The van der Waals surface area contributed by atoms with Gasteiger partial charge in [0, 0.05) is 18.0 Å². The van der Waals surface area contributed by atoms with Crippen LogP contribution in [-0.4, -0.2) is 23.0 Å². The molecule has 4 rings (SSSR count). The zero-order chi connectivity index (χ0) is 19.5. The molecule has 6 heteroatoms. The van der Waals surface area contributed by atoms with Gasteiger partial charge in [-0.15, -0.1) is 0 Å². The van der Waals surface area contributed by atoms with Crippen molar-refractivity contribution in [2.45, 2.75) is 12.5 Å². The maximum Gasteiger partial charge on any atom is 0.266 e. The van der Waals surface area contributed by atoms with Crippen LogP contribution in [0.1, 0.15) is 27.4 Å². The topological polar surface area (TPSA) is 62.6 Å². The first-order valence-corrected chi connectivity index (χ1v) is 8.78. The summed E-state index contributed by atoms with van der Waals surface area (Å²) in [6.45, 7) is 0.309. The highest BCUT2D eigenvalue weighted by Crippen LogP contribution is 2.31. The van der Waals surface area contributed by atoms with Gasteiger partial charge in [-0.2, -0.15) is 0 Å². The molecule has 138 valence electrons. The lowest BCUT2D eigenvalue weighted by atomic mass is 9.89. The lowest BCUT2D eigenvalue weighted by Gasteiger charge is -2.30. The second kappa shape index (κ2) is 7.52. The zero-order valence-electron chi connectivity index (χ0n) is 14.8. The number of carbonyl (C=O) groups is 2. The van der Waals surface area contributed by atoms with Crippen molar-refractivity contribution in [1.82, 2.24) is 4.98 Å². The van der Waals surface area contributed by atoms with Crippen LogP contribution in [0.3, 0.4) is 0 Å². The average Bonchev–Trinajstić information content (AvgIpc) is 2.73. The number of halogens is 1. The first-order chi connectivity index (χ1) is 13.6. The molecule has 0 aliphatic carbocycles. The van der Waals surface area contributed by atoms with Gasteiger partial charge in [0.15, 0.2) is 0 Å². The molecule has 2 amide bonds. The summed E-state index contributed by atoms with van der Waals surface area (Å²) in [5, 5.41) is 0. The van der Waals surface area contributed by atoms with Gasteiger partial charge in [0.2, 0.25) is 5.91 Å². The van der Waals surface area contributed by atoms with Gasteiger partial charge in [0.1, 0.15) is 11.6 Å². The molecule has 2 aromatic carbocycles. The first kappa shape index (κ1) is 17.7. The SMILES string of the molecule is O=C1c2ccccc2[C@@H](C=NCc2ccc(F)cc2)C(=O)N1c1ccccn1. The summed E-state index contributed by atoms with van der Waals surface area (Å²) in [7, 11) is 0. The minimum absolute atomic E-state index is 0.281. The van der Waals surface area contributed by atoms with Gasteiger partial charge in [0.05, 0.1) is 12.5 Å². The van der Waals surface area contributed by atoms with Crippen molar-refractivity contribution < 1.29 is 14.0 Å². The highest BCUT2D eigenvalue weighted by Gasteiger charge is 2.39. The second-order valence-electron chi connectivity index (χ2n) is 6.35. The molecule has 2 heterocycles. The quantitative estimate of drug-likeness (QED) is 0.517. The van der Waals surface area contributed by atoms with Crippen molar-refractivity contribution in [2.24, 2.45) is 4.99 Å². The van der Waals surface area contributed by atoms with Gasteiger partial charge in [-0.1, -0.05) is 36.4 Å². The molecule has 1 aliphatic heterocycles. The first-order valence-electron chi connectivity index (χ1n) is 8.78. The highest BCUT2D eigenvalue weighted by molar-refractivity contribution is 6.28. The van der Waals surface area contributed by atoms with E-state index >= 15 is 0 Å². The Morgan fingerprint density at radius 3 is 2.50 bits per heavy atom. The van der Waals surface area contributed by atoms with E-state index in [9.17, 15) is 14.0 Å². The Kier molecular flexibility index (Phi) is 4.76. The molecule has 0 radical (unpaired) electrons. The molecule has 0 fully saturated rings. The van der Waals surface area contributed by atoms with Crippen LogP contribution in [-0.2, 0) is 11.3 Å². The maximum absolute atomic E-state index is 13.1. The molecule has 0 spiro atoms. The van der Waals surface area contributed by atoms with E-state index in [-0.39, 0.29) is 11.6 Å². The highest BCUT2D eigenvalue weighted by atomic mass is 19.1. The number of rotatable bonds is 4. The van der Waals surface area contributed by atoms with Gasteiger partial charge < -0.3 is 0 Å². The molecule has 0 bridgehead atoms. The third-order valence-corrected chi connectivity index (χ3v) is 4.54. The predicted molar refractivity (Wildman–Crippen MR) is 104 cm³/mol. The van der Waals surface area contributed by atoms with E-state index in [4.69, 9.17) is 0 Å². The predicted octanol–water partition coefficient (Wildman–Crippen LogP) is 3.76. The van der Waals surface area contributed by atoms with Crippen molar-refractivity contribution in [1.29, 1.82) is 0 Å². The number of hydrogen-bond acceptors (Lipinski definition) is 4. The zero-order valence-corrected chi connectivity index (χ0v) is 14.8. The summed E-state index contributed by atoms with van der Waals surface area (Å²) in [5.41, 5.74) is 1.89. The molecule has 1 atom stereocenters. The standard InChI is InChI=1S/C22H16FN3O2/c23-16-10-8-15(9-11-16)13-24-14-19-17-5-1-2-6-18(17)21(27)26(22(19)28)20-7-3-4-12-25-20/h1-12,14,19H,13H2/t19-/m1/s1. The van der Waals surface area contributed by atoms with E-state index < -0.39 is 17.7 Å². The fourth-order valence-corrected chi connectivity index (χ4v) is 3.16. The van der Waals surface area contributed by atoms with E-state index in [1.807, 2.05) is 0 Å². The fourth-order valence-electron chi connectivity index (χ4n) is 3.16. The van der Waals surface area contributed by atoms with Crippen molar-refractivity contribution in [3.8, 4) is 0 Å². The Bertz CT molecular complexity index is 1050. The number of anilines is 1. The van der Waals surface area contributed by atoms with Gasteiger partial charge in [-0.25, -0.2) is 14.3 Å². The molecule has 0 N–H and O–H groups in total. The third-order valence-electron chi connectivity index (χ3n) is 4.54. The van der Waals surface area contributed by atoms with Gasteiger partial charge >= 0.3 is 0 Å². The fraction of sp³-hybridized carbons (Fsp3) is 0.0909. The lowest BCUT2D eigenvalue weighted by molar-refractivity contribution is -0.118. The minimum Gasteiger partial charge on any atom is -0.292 e. The Morgan fingerprint density at radius 1 is 1.00 bits per heavy atom. The number of pyridine rings is 1. The number of benzene rings is 2. The molecule has 1 aliphatic rings. The average molecular weight is 373 g/mol. The molecular weight excluding hydrogens is 357 g/mol. The largest absolute Gasteiger partial charge is 0.292 e. The Hall–Kier alpha value is -3.67. The van der Waals surface area contributed by atoms with Crippen LogP contribution in [0.2, 0.25) is 0 Å². The van der Waals surface area contributed by atoms with Crippen LogP contribution in [0.5, 0.6) is 0 Å². The molecule has 5 nitrogen and oxygen atoms in total. The summed E-state index contributed by atoms with van der Waals surface area (Å²) in [6.07, 6.45) is 3.08. The van der Waals surface area contributed by atoms with Gasteiger partial charge in [-0.05, 0) is 41.5 Å². The number of aromatic nitrogens is 1. The molecule has 0 saturated heterocycles. The van der Waals surface area contributed by atoms with E-state index in [2.05, 4.69) is 9.98 Å².